The van der Waals surface area contributed by atoms with E-state index in [0.29, 0.717) is 0 Å². The van der Waals surface area contributed by atoms with Gasteiger partial charge >= 0.3 is 0 Å². The van der Waals surface area contributed by atoms with Crippen molar-refractivity contribution < 1.29 is 15.1 Å². The van der Waals surface area contributed by atoms with Gasteiger partial charge in [0.15, 0.2) is 0 Å². The summed E-state index contributed by atoms with van der Waals surface area (Å²) in [6, 6.07) is 3.76. The van der Waals surface area contributed by atoms with Crippen molar-refractivity contribution in [2.75, 3.05) is 6.54 Å². The Hall–Kier alpha value is -1.86. The summed E-state index contributed by atoms with van der Waals surface area (Å²) in [7, 11) is 0. The standard InChI is InChI=1S/C10H11ClN4O4/c11-6-1-2-7(8(5-6)15(18)19)10(17)9(16)3-4-13-14-12/h1-2,5,9-10,16-17H,3-4H2. The molecule has 19 heavy (non-hydrogen) atoms. The molecule has 9 heteroatoms. The van der Waals surface area contributed by atoms with Crippen LogP contribution in [0.15, 0.2) is 23.3 Å². The summed E-state index contributed by atoms with van der Waals surface area (Å²) in [5.41, 5.74) is 7.68. The molecule has 0 aliphatic rings. The molecule has 0 fully saturated rings. The molecule has 0 spiro atoms. The highest BCUT2D eigenvalue weighted by molar-refractivity contribution is 6.30. The van der Waals surface area contributed by atoms with Gasteiger partial charge in [-0.05, 0) is 24.1 Å². The van der Waals surface area contributed by atoms with Crippen LogP contribution in [0.3, 0.4) is 0 Å². The minimum Gasteiger partial charge on any atom is -0.390 e. The molecular weight excluding hydrogens is 276 g/mol. The summed E-state index contributed by atoms with van der Waals surface area (Å²) in [6.07, 6.45) is -2.73. The molecule has 102 valence electrons. The quantitative estimate of drug-likeness (QED) is 0.273. The van der Waals surface area contributed by atoms with Crippen LogP contribution in [0, 0.1) is 10.1 Å². The lowest BCUT2D eigenvalue weighted by Crippen LogP contribution is -2.20. The van der Waals surface area contributed by atoms with Crippen molar-refractivity contribution in [3.05, 3.63) is 49.3 Å². The molecule has 1 aromatic carbocycles. The summed E-state index contributed by atoms with van der Waals surface area (Å²) in [4.78, 5) is 12.7. The Balaban J connectivity index is 2.95. The second-order valence-electron chi connectivity index (χ2n) is 3.72. The zero-order valence-corrected chi connectivity index (χ0v) is 10.4. The van der Waals surface area contributed by atoms with Crippen LogP contribution in [0.4, 0.5) is 5.69 Å². The van der Waals surface area contributed by atoms with Gasteiger partial charge in [0, 0.05) is 22.5 Å². The van der Waals surface area contributed by atoms with Crippen molar-refractivity contribution in [1.82, 2.24) is 0 Å². The van der Waals surface area contributed by atoms with Crippen molar-refractivity contribution in [3.63, 3.8) is 0 Å². The number of hydrogen-bond donors (Lipinski definition) is 2. The Morgan fingerprint density at radius 2 is 2.21 bits per heavy atom. The summed E-state index contributed by atoms with van der Waals surface area (Å²) < 4.78 is 0. The third-order valence-electron chi connectivity index (χ3n) is 2.46. The van der Waals surface area contributed by atoms with E-state index >= 15 is 0 Å². The van der Waals surface area contributed by atoms with Gasteiger partial charge in [0.05, 0.1) is 16.6 Å². The van der Waals surface area contributed by atoms with E-state index in [9.17, 15) is 20.3 Å². The van der Waals surface area contributed by atoms with Crippen molar-refractivity contribution >= 4 is 17.3 Å². The van der Waals surface area contributed by atoms with E-state index < -0.39 is 17.1 Å². The highest BCUT2D eigenvalue weighted by atomic mass is 35.5. The maximum Gasteiger partial charge on any atom is 0.276 e. The molecule has 0 amide bonds. The number of azide groups is 1. The topological polar surface area (TPSA) is 132 Å². The van der Waals surface area contributed by atoms with Crippen LogP contribution in [0.25, 0.3) is 10.4 Å². The Kier molecular flexibility index (Phi) is 5.53. The van der Waals surface area contributed by atoms with E-state index in [1.54, 1.807) is 0 Å². The van der Waals surface area contributed by atoms with Crippen LogP contribution in [-0.4, -0.2) is 27.8 Å². The van der Waals surface area contributed by atoms with E-state index in [4.69, 9.17) is 17.1 Å². The van der Waals surface area contributed by atoms with E-state index in [1.165, 1.54) is 12.1 Å². The molecule has 0 saturated carbocycles. The number of aliphatic hydroxyl groups excluding tert-OH is 2. The van der Waals surface area contributed by atoms with Gasteiger partial charge in [-0.2, -0.15) is 0 Å². The largest absolute Gasteiger partial charge is 0.390 e. The molecule has 2 atom stereocenters. The van der Waals surface area contributed by atoms with Crippen molar-refractivity contribution in [2.24, 2.45) is 5.11 Å². The van der Waals surface area contributed by atoms with E-state index in [2.05, 4.69) is 10.0 Å². The van der Waals surface area contributed by atoms with Crippen molar-refractivity contribution in [2.45, 2.75) is 18.6 Å². The third-order valence-corrected chi connectivity index (χ3v) is 2.70. The van der Waals surface area contributed by atoms with E-state index in [1.807, 2.05) is 0 Å². The number of nitro benzene ring substituents is 1. The number of aliphatic hydroxyl groups is 2. The van der Waals surface area contributed by atoms with Crippen LogP contribution in [0.5, 0.6) is 0 Å². The fourth-order valence-electron chi connectivity index (χ4n) is 1.52. The molecule has 8 nitrogen and oxygen atoms in total. The SMILES string of the molecule is [N-]=[N+]=NCCC(O)C(O)c1ccc(Cl)cc1[N+](=O)[O-]. The van der Waals surface area contributed by atoms with Gasteiger partial charge in [0.25, 0.3) is 5.69 Å². The lowest BCUT2D eigenvalue weighted by Gasteiger charge is -2.17. The second kappa shape index (κ2) is 6.91. The minimum absolute atomic E-state index is 0.00892. The van der Waals surface area contributed by atoms with E-state index in [0.717, 1.165) is 6.07 Å². The smallest absolute Gasteiger partial charge is 0.276 e. The molecule has 0 aliphatic heterocycles. The molecule has 0 bridgehead atoms. The van der Waals surface area contributed by atoms with Crippen LogP contribution < -0.4 is 0 Å². The van der Waals surface area contributed by atoms with Crippen LogP contribution in [0.2, 0.25) is 5.02 Å². The molecule has 0 radical (unpaired) electrons. The van der Waals surface area contributed by atoms with Crippen LogP contribution in [-0.2, 0) is 0 Å². The first-order valence-corrected chi connectivity index (χ1v) is 5.66. The molecule has 1 rings (SSSR count). The van der Waals surface area contributed by atoms with Gasteiger partial charge < -0.3 is 10.2 Å². The number of nitro groups is 1. The fraction of sp³-hybridized carbons (Fsp3) is 0.400. The molecule has 0 aromatic heterocycles. The minimum atomic E-state index is -1.45. The predicted octanol–water partition coefficient (Wildman–Crippen LogP) is 2.34. The van der Waals surface area contributed by atoms with Gasteiger partial charge in [-0.1, -0.05) is 16.7 Å². The second-order valence-corrected chi connectivity index (χ2v) is 4.15. The first kappa shape index (κ1) is 15.2. The number of nitrogens with zero attached hydrogens (tertiary/aromatic N) is 4. The monoisotopic (exact) mass is 286 g/mol. The summed E-state index contributed by atoms with van der Waals surface area (Å²) in [5.74, 6) is 0. The molecule has 0 aliphatic carbocycles. The number of rotatable bonds is 6. The number of hydrogen-bond acceptors (Lipinski definition) is 5. The van der Waals surface area contributed by atoms with Crippen LogP contribution >= 0.6 is 11.6 Å². The van der Waals surface area contributed by atoms with Gasteiger partial charge in [-0.25, -0.2) is 0 Å². The zero-order valence-electron chi connectivity index (χ0n) is 9.68. The maximum atomic E-state index is 10.8. The zero-order chi connectivity index (χ0) is 14.4. The van der Waals surface area contributed by atoms with Gasteiger partial charge in [-0.3, -0.25) is 10.1 Å². The Morgan fingerprint density at radius 1 is 1.53 bits per heavy atom. The number of halogens is 1. The van der Waals surface area contributed by atoms with Crippen molar-refractivity contribution in [3.8, 4) is 0 Å². The Morgan fingerprint density at radius 3 is 2.79 bits per heavy atom. The van der Waals surface area contributed by atoms with Gasteiger partial charge in [-0.15, -0.1) is 0 Å². The maximum absolute atomic E-state index is 10.8. The lowest BCUT2D eigenvalue weighted by atomic mass is 10.0. The molecule has 2 unspecified atom stereocenters. The molecule has 0 saturated heterocycles. The number of benzene rings is 1. The normalized spacial score (nSPS) is 13.4. The van der Waals surface area contributed by atoms with Crippen LogP contribution in [0.1, 0.15) is 18.1 Å². The van der Waals surface area contributed by atoms with Crippen molar-refractivity contribution in [1.29, 1.82) is 0 Å². The highest BCUT2D eigenvalue weighted by Crippen LogP contribution is 2.30. The highest BCUT2D eigenvalue weighted by Gasteiger charge is 2.26. The molecule has 2 N–H and O–H groups in total. The first-order valence-electron chi connectivity index (χ1n) is 5.28. The Labute approximate surface area is 113 Å². The average Bonchev–Trinajstić information content (AvgIpc) is 2.38. The predicted molar refractivity (Wildman–Crippen MR) is 67.7 cm³/mol. The summed E-state index contributed by atoms with van der Waals surface area (Å²) in [6.45, 7) is -0.0177. The van der Waals surface area contributed by atoms with Gasteiger partial charge in [0.1, 0.15) is 6.10 Å². The van der Waals surface area contributed by atoms with E-state index in [-0.39, 0.29) is 29.2 Å². The average molecular weight is 287 g/mol. The summed E-state index contributed by atoms with van der Waals surface area (Å²) >= 11 is 5.64. The first-order chi connectivity index (χ1) is 8.97. The molecular formula is C10H11ClN4O4. The lowest BCUT2D eigenvalue weighted by molar-refractivity contribution is -0.386. The third kappa shape index (κ3) is 4.08. The fourth-order valence-corrected chi connectivity index (χ4v) is 1.69. The Bertz CT molecular complexity index is 518. The molecule has 1 aromatic rings. The summed E-state index contributed by atoms with van der Waals surface area (Å²) in [5, 5.41) is 33.8. The molecule has 0 heterocycles. The van der Waals surface area contributed by atoms with Gasteiger partial charge in [0.2, 0.25) is 0 Å².